The SMILES string of the molecule is CC(=O)O[C@H]1C[C@H]2C[C@H](N)C[C@H]1N2C. The van der Waals surface area contributed by atoms with Crippen molar-refractivity contribution < 1.29 is 9.53 Å². The minimum Gasteiger partial charge on any atom is -0.461 e. The summed E-state index contributed by atoms with van der Waals surface area (Å²) in [7, 11) is 2.10. The molecule has 2 bridgehead atoms. The quantitative estimate of drug-likeness (QED) is 0.608. The zero-order valence-electron chi connectivity index (χ0n) is 8.77. The highest BCUT2D eigenvalue weighted by Crippen LogP contribution is 2.35. The summed E-state index contributed by atoms with van der Waals surface area (Å²) in [5.74, 6) is -0.176. The predicted molar refractivity (Wildman–Crippen MR) is 52.7 cm³/mol. The normalized spacial score (nSPS) is 42.5. The Morgan fingerprint density at radius 1 is 1.43 bits per heavy atom. The maximum atomic E-state index is 10.9. The van der Waals surface area contributed by atoms with E-state index in [9.17, 15) is 4.79 Å². The summed E-state index contributed by atoms with van der Waals surface area (Å²) >= 11 is 0. The third-order valence-corrected chi connectivity index (χ3v) is 3.47. The minimum absolute atomic E-state index is 0.0658. The summed E-state index contributed by atoms with van der Waals surface area (Å²) < 4.78 is 5.31. The van der Waals surface area contributed by atoms with Crippen LogP contribution in [0.2, 0.25) is 0 Å². The Bertz CT molecular complexity index is 244. The molecule has 0 aromatic heterocycles. The molecule has 0 aliphatic carbocycles. The van der Waals surface area contributed by atoms with E-state index in [2.05, 4.69) is 11.9 Å². The fraction of sp³-hybridized carbons (Fsp3) is 0.900. The number of nitrogens with two attached hydrogens (primary N) is 1. The standard InChI is InChI=1S/C10H18N2O2/c1-6(13)14-10-5-8-3-7(11)4-9(10)12(8)2/h7-10H,3-5,11H2,1-2H3/t7-,8+,9+,10-/m0/s1. The topological polar surface area (TPSA) is 55.6 Å². The van der Waals surface area contributed by atoms with Crippen LogP contribution in [0, 0.1) is 0 Å². The van der Waals surface area contributed by atoms with Crippen LogP contribution in [-0.2, 0) is 9.53 Å². The molecule has 4 heteroatoms. The number of carbonyl (C=O) groups is 1. The van der Waals surface area contributed by atoms with Crippen LogP contribution in [0.3, 0.4) is 0 Å². The summed E-state index contributed by atoms with van der Waals surface area (Å²) in [6, 6.07) is 1.13. The maximum Gasteiger partial charge on any atom is 0.302 e. The first-order valence-electron chi connectivity index (χ1n) is 5.22. The molecule has 0 aromatic carbocycles. The predicted octanol–water partition coefficient (Wildman–Crippen LogP) is 0.112. The highest BCUT2D eigenvalue weighted by atomic mass is 16.5. The third kappa shape index (κ3) is 1.64. The molecule has 0 amide bonds. The lowest BCUT2D eigenvalue weighted by molar-refractivity contribution is -0.147. The van der Waals surface area contributed by atoms with E-state index >= 15 is 0 Å². The van der Waals surface area contributed by atoms with E-state index in [0.717, 1.165) is 19.3 Å². The van der Waals surface area contributed by atoms with Gasteiger partial charge in [-0.15, -0.1) is 0 Å². The summed E-state index contributed by atoms with van der Waals surface area (Å²) in [6.07, 6.45) is 3.00. The van der Waals surface area contributed by atoms with E-state index in [1.165, 1.54) is 6.92 Å². The number of carbonyl (C=O) groups excluding carboxylic acids is 1. The average molecular weight is 198 g/mol. The van der Waals surface area contributed by atoms with Gasteiger partial charge in [-0.05, 0) is 19.9 Å². The Morgan fingerprint density at radius 2 is 2.14 bits per heavy atom. The molecule has 4 atom stereocenters. The Kier molecular flexibility index (Phi) is 2.49. The van der Waals surface area contributed by atoms with Gasteiger partial charge in [0.1, 0.15) is 6.10 Å². The second-order valence-electron chi connectivity index (χ2n) is 4.50. The lowest BCUT2D eigenvalue weighted by atomic mass is 9.99. The number of hydrogen-bond acceptors (Lipinski definition) is 4. The van der Waals surface area contributed by atoms with Crippen LogP contribution in [0.25, 0.3) is 0 Å². The first kappa shape index (κ1) is 9.93. The van der Waals surface area contributed by atoms with Crippen molar-refractivity contribution in [2.24, 2.45) is 5.73 Å². The molecule has 2 fully saturated rings. The second-order valence-corrected chi connectivity index (χ2v) is 4.50. The highest BCUT2D eigenvalue weighted by molar-refractivity contribution is 5.66. The van der Waals surface area contributed by atoms with E-state index < -0.39 is 0 Å². The molecule has 0 saturated carbocycles. The molecule has 0 spiro atoms. The molecular formula is C10H18N2O2. The van der Waals surface area contributed by atoms with Crippen LogP contribution in [0.1, 0.15) is 26.2 Å². The van der Waals surface area contributed by atoms with Crippen molar-refractivity contribution in [2.75, 3.05) is 7.05 Å². The minimum atomic E-state index is -0.176. The summed E-state index contributed by atoms with van der Waals surface area (Å²) in [5, 5.41) is 0. The van der Waals surface area contributed by atoms with Crippen molar-refractivity contribution in [3.8, 4) is 0 Å². The Hall–Kier alpha value is -0.610. The van der Waals surface area contributed by atoms with Gasteiger partial charge in [-0.1, -0.05) is 0 Å². The summed E-state index contributed by atoms with van der Waals surface area (Å²) in [4.78, 5) is 13.2. The second kappa shape index (κ2) is 3.51. The molecule has 2 aliphatic rings. The Balaban J connectivity index is 2.05. The number of hydrogen-bond donors (Lipinski definition) is 1. The number of rotatable bonds is 1. The van der Waals surface area contributed by atoms with Crippen LogP contribution in [-0.4, -0.2) is 42.1 Å². The van der Waals surface area contributed by atoms with Crippen molar-refractivity contribution in [3.63, 3.8) is 0 Å². The summed E-state index contributed by atoms with van der Waals surface area (Å²) in [5.41, 5.74) is 5.94. The third-order valence-electron chi connectivity index (χ3n) is 3.47. The van der Waals surface area contributed by atoms with Crippen molar-refractivity contribution in [1.29, 1.82) is 0 Å². The number of ether oxygens (including phenoxy) is 1. The van der Waals surface area contributed by atoms with Crippen LogP contribution in [0.15, 0.2) is 0 Å². The number of nitrogens with zero attached hydrogens (tertiary/aromatic N) is 1. The fourth-order valence-corrected chi connectivity index (χ4v) is 2.80. The molecule has 2 rings (SSSR count). The smallest absolute Gasteiger partial charge is 0.302 e. The highest BCUT2D eigenvalue weighted by Gasteiger charge is 2.45. The number of piperidine rings is 1. The average Bonchev–Trinajstić information content (AvgIpc) is 2.30. The van der Waals surface area contributed by atoms with Gasteiger partial charge < -0.3 is 10.5 Å². The number of likely N-dealkylation sites (N-methyl/N-ethyl adjacent to an activating group) is 1. The van der Waals surface area contributed by atoms with Crippen LogP contribution in [0.4, 0.5) is 0 Å². The zero-order valence-corrected chi connectivity index (χ0v) is 8.77. The van der Waals surface area contributed by atoms with Gasteiger partial charge in [-0.3, -0.25) is 9.69 Å². The van der Waals surface area contributed by atoms with Crippen LogP contribution >= 0.6 is 0 Å². The van der Waals surface area contributed by atoms with Gasteiger partial charge >= 0.3 is 5.97 Å². The van der Waals surface area contributed by atoms with Gasteiger partial charge in [0.05, 0.1) is 0 Å². The monoisotopic (exact) mass is 198 g/mol. The molecule has 80 valence electrons. The molecule has 0 unspecified atom stereocenters. The number of esters is 1. The lowest BCUT2D eigenvalue weighted by Crippen LogP contribution is -2.47. The fourth-order valence-electron chi connectivity index (χ4n) is 2.80. The van der Waals surface area contributed by atoms with Gasteiger partial charge in [-0.25, -0.2) is 0 Å². The maximum absolute atomic E-state index is 10.9. The zero-order chi connectivity index (χ0) is 10.3. The molecule has 0 aromatic rings. The van der Waals surface area contributed by atoms with E-state index in [1.807, 2.05) is 0 Å². The van der Waals surface area contributed by atoms with Crippen LogP contribution < -0.4 is 5.73 Å². The van der Waals surface area contributed by atoms with Crippen molar-refractivity contribution in [3.05, 3.63) is 0 Å². The molecular weight excluding hydrogens is 180 g/mol. The largest absolute Gasteiger partial charge is 0.461 e. The molecule has 14 heavy (non-hydrogen) atoms. The van der Waals surface area contributed by atoms with E-state index in [4.69, 9.17) is 10.5 Å². The number of fused-ring (bicyclic) bond motifs is 2. The first-order chi connectivity index (χ1) is 6.58. The van der Waals surface area contributed by atoms with Gasteiger partial charge in [0.2, 0.25) is 0 Å². The van der Waals surface area contributed by atoms with Crippen molar-refractivity contribution in [2.45, 2.75) is 50.4 Å². The Morgan fingerprint density at radius 3 is 2.79 bits per heavy atom. The van der Waals surface area contributed by atoms with Gasteiger partial charge in [-0.2, -0.15) is 0 Å². The Labute approximate surface area is 84.4 Å². The van der Waals surface area contributed by atoms with E-state index in [0.29, 0.717) is 12.1 Å². The summed E-state index contributed by atoms with van der Waals surface area (Å²) in [6.45, 7) is 1.47. The van der Waals surface area contributed by atoms with Gasteiger partial charge in [0.25, 0.3) is 0 Å². The van der Waals surface area contributed by atoms with Crippen molar-refractivity contribution in [1.82, 2.24) is 4.90 Å². The molecule has 4 nitrogen and oxygen atoms in total. The molecule has 2 N–H and O–H groups in total. The van der Waals surface area contributed by atoms with Gasteiger partial charge in [0.15, 0.2) is 0 Å². The van der Waals surface area contributed by atoms with E-state index in [1.54, 1.807) is 0 Å². The molecule has 2 heterocycles. The molecule has 2 aliphatic heterocycles. The molecule has 0 radical (unpaired) electrons. The first-order valence-corrected chi connectivity index (χ1v) is 5.22. The molecule has 2 saturated heterocycles. The van der Waals surface area contributed by atoms with Crippen LogP contribution in [0.5, 0.6) is 0 Å². The van der Waals surface area contributed by atoms with E-state index in [-0.39, 0.29) is 18.1 Å². The lowest BCUT2D eigenvalue weighted by Gasteiger charge is -2.35. The van der Waals surface area contributed by atoms with Crippen molar-refractivity contribution >= 4 is 5.97 Å². The van der Waals surface area contributed by atoms with Gasteiger partial charge in [0, 0.05) is 31.5 Å².